The van der Waals surface area contributed by atoms with Crippen molar-refractivity contribution in [3.8, 4) is 17.2 Å². The first kappa shape index (κ1) is 31.8. The standard InChI is InChI=1S/C35H41FN8O4/c36-27-21-25-31-33(30(27)38-8-5-16-43-17-9-37-23-43)48-29-20-24(34(46)39-10-18-41-12-1-2-13-41)6-7-28(29)44(31)22-26(32(25)45)35(47)40-11-19-42-14-3-4-15-42/h6-7,9,17,20-23,38H,1-5,8,10-16,18-19H2,(H,39,46)(H,40,47). The van der Waals surface area contributed by atoms with Crippen LogP contribution in [0.2, 0.25) is 0 Å². The molecule has 0 radical (unpaired) electrons. The molecule has 3 N–H and O–H groups in total. The van der Waals surface area contributed by atoms with E-state index in [-0.39, 0.29) is 28.3 Å². The highest BCUT2D eigenvalue weighted by Gasteiger charge is 2.29. The maximum atomic E-state index is 15.9. The van der Waals surface area contributed by atoms with E-state index < -0.39 is 17.2 Å². The molecule has 12 nitrogen and oxygen atoms in total. The van der Waals surface area contributed by atoms with Crippen molar-refractivity contribution < 1.29 is 18.7 Å². The Morgan fingerprint density at radius 3 is 2.29 bits per heavy atom. The number of pyridine rings is 1. The summed E-state index contributed by atoms with van der Waals surface area (Å²) < 4.78 is 25.9. The van der Waals surface area contributed by atoms with Gasteiger partial charge in [-0.05, 0) is 82.5 Å². The van der Waals surface area contributed by atoms with Crippen molar-refractivity contribution in [3.63, 3.8) is 0 Å². The Labute approximate surface area is 277 Å². The molecular weight excluding hydrogens is 615 g/mol. The molecule has 7 rings (SSSR count). The average molecular weight is 657 g/mol. The molecule has 0 atom stereocenters. The van der Waals surface area contributed by atoms with Crippen LogP contribution in [0.4, 0.5) is 10.1 Å². The molecular formula is C35H41FN8O4. The second-order valence-electron chi connectivity index (χ2n) is 12.7. The number of nitrogens with zero attached hydrogens (tertiary/aromatic N) is 5. The van der Waals surface area contributed by atoms with E-state index in [0.717, 1.165) is 45.6 Å². The lowest BCUT2D eigenvalue weighted by Gasteiger charge is -2.26. The van der Waals surface area contributed by atoms with Crippen molar-refractivity contribution in [1.29, 1.82) is 0 Å². The molecule has 2 aromatic heterocycles. The third kappa shape index (κ3) is 6.65. The summed E-state index contributed by atoms with van der Waals surface area (Å²) in [4.78, 5) is 48.9. The van der Waals surface area contributed by atoms with E-state index >= 15 is 4.39 Å². The van der Waals surface area contributed by atoms with Gasteiger partial charge in [0.05, 0.1) is 17.4 Å². The number of aromatic nitrogens is 3. The van der Waals surface area contributed by atoms with Crippen LogP contribution in [0, 0.1) is 5.82 Å². The van der Waals surface area contributed by atoms with E-state index in [1.807, 2.05) is 10.8 Å². The maximum Gasteiger partial charge on any atom is 0.256 e. The maximum absolute atomic E-state index is 15.9. The van der Waals surface area contributed by atoms with Gasteiger partial charge in [-0.1, -0.05) is 0 Å². The number of hydrogen-bond acceptors (Lipinski definition) is 8. The van der Waals surface area contributed by atoms with Gasteiger partial charge in [0.25, 0.3) is 11.8 Å². The lowest BCUT2D eigenvalue weighted by molar-refractivity contribution is 0.0941. The molecule has 2 amide bonds. The van der Waals surface area contributed by atoms with Crippen molar-refractivity contribution in [2.24, 2.45) is 0 Å². The van der Waals surface area contributed by atoms with Crippen molar-refractivity contribution in [3.05, 3.63) is 76.4 Å². The van der Waals surface area contributed by atoms with E-state index in [1.165, 1.54) is 25.1 Å². The summed E-state index contributed by atoms with van der Waals surface area (Å²) in [6.45, 7) is 7.59. The summed E-state index contributed by atoms with van der Waals surface area (Å²) in [5.41, 5.74) is 0.712. The van der Waals surface area contributed by atoms with Gasteiger partial charge in [0, 0.05) is 63.4 Å². The number of nitrogens with one attached hydrogen (secondary N) is 3. The van der Waals surface area contributed by atoms with E-state index in [1.54, 1.807) is 35.3 Å². The molecule has 0 aliphatic carbocycles. The molecule has 0 bridgehead atoms. The van der Waals surface area contributed by atoms with Crippen LogP contribution in [0.15, 0.2) is 54.0 Å². The summed E-state index contributed by atoms with van der Waals surface area (Å²) in [5, 5.41) is 9.07. The molecule has 0 unspecified atom stereocenters. The van der Waals surface area contributed by atoms with E-state index in [4.69, 9.17) is 4.74 Å². The van der Waals surface area contributed by atoms with Gasteiger partial charge in [0.1, 0.15) is 16.8 Å². The molecule has 252 valence electrons. The van der Waals surface area contributed by atoms with E-state index in [9.17, 15) is 14.4 Å². The molecule has 4 aromatic rings. The summed E-state index contributed by atoms with van der Waals surface area (Å²) in [5.74, 6) is -0.992. The third-order valence-corrected chi connectivity index (χ3v) is 9.41. The molecule has 3 aliphatic rings. The van der Waals surface area contributed by atoms with Crippen molar-refractivity contribution in [1.82, 2.24) is 34.6 Å². The Morgan fingerprint density at radius 1 is 0.896 bits per heavy atom. The lowest BCUT2D eigenvalue weighted by Crippen LogP contribution is -2.36. The van der Waals surface area contributed by atoms with Gasteiger partial charge >= 0.3 is 0 Å². The smallest absolute Gasteiger partial charge is 0.256 e. The van der Waals surface area contributed by atoms with Crippen molar-refractivity contribution >= 4 is 28.4 Å². The number of halogens is 1. The average Bonchev–Trinajstić information content (AvgIpc) is 3.90. The quantitative estimate of drug-likeness (QED) is 0.164. The van der Waals surface area contributed by atoms with Crippen molar-refractivity contribution in [2.75, 3.05) is 64.2 Å². The second kappa shape index (κ2) is 14.2. The van der Waals surface area contributed by atoms with Gasteiger partial charge in [0.2, 0.25) is 5.43 Å². The molecule has 2 saturated heterocycles. The predicted octanol–water partition coefficient (Wildman–Crippen LogP) is 3.59. The minimum absolute atomic E-state index is 0.0352. The SMILES string of the molecule is O=C(NCCN1CCCC1)c1ccc2c(c1)Oc1c(NCCCn3ccnc3)c(F)cc3c(=O)c(C(=O)NCCN4CCCC4)cn-2c13. The van der Waals surface area contributed by atoms with Crippen LogP contribution in [0.25, 0.3) is 16.6 Å². The summed E-state index contributed by atoms with van der Waals surface area (Å²) in [6, 6.07) is 6.22. The fraction of sp³-hybridized carbons (Fsp3) is 0.429. The number of likely N-dealkylation sites (tertiary alicyclic amines) is 2. The second-order valence-corrected chi connectivity index (χ2v) is 12.7. The first-order valence-electron chi connectivity index (χ1n) is 16.9. The molecule has 2 aromatic carbocycles. The zero-order valence-electron chi connectivity index (χ0n) is 27.0. The van der Waals surface area contributed by atoms with Crippen LogP contribution in [0.3, 0.4) is 0 Å². The van der Waals surface area contributed by atoms with E-state index in [2.05, 4.69) is 30.7 Å². The number of imidazole rings is 1. The first-order chi connectivity index (χ1) is 23.5. The van der Waals surface area contributed by atoms with Gasteiger partial charge in [-0.25, -0.2) is 9.37 Å². The Morgan fingerprint density at radius 2 is 1.60 bits per heavy atom. The van der Waals surface area contributed by atoms with Gasteiger partial charge in [0.15, 0.2) is 17.3 Å². The minimum Gasteiger partial charge on any atom is -0.451 e. The number of fused-ring (bicyclic) bond motifs is 2. The fourth-order valence-electron chi connectivity index (χ4n) is 6.85. The molecule has 48 heavy (non-hydrogen) atoms. The first-order valence-corrected chi connectivity index (χ1v) is 16.9. The molecule has 13 heteroatoms. The van der Waals surface area contributed by atoms with Crippen LogP contribution >= 0.6 is 0 Å². The monoisotopic (exact) mass is 656 g/mol. The number of rotatable bonds is 13. The largest absolute Gasteiger partial charge is 0.451 e. The van der Waals surface area contributed by atoms with Gasteiger partial charge in [-0.15, -0.1) is 0 Å². The van der Waals surface area contributed by atoms with Gasteiger partial charge < -0.3 is 39.6 Å². The fourth-order valence-corrected chi connectivity index (χ4v) is 6.85. The third-order valence-electron chi connectivity index (χ3n) is 9.41. The van der Waals surface area contributed by atoms with Crippen LogP contribution in [0.5, 0.6) is 11.5 Å². The number of amides is 2. The highest BCUT2D eigenvalue weighted by molar-refractivity contribution is 6.01. The highest BCUT2D eigenvalue weighted by Crippen LogP contribution is 2.45. The normalized spacial score (nSPS) is 15.8. The Balaban J connectivity index is 1.19. The van der Waals surface area contributed by atoms with E-state index in [0.29, 0.717) is 61.7 Å². The molecule has 5 heterocycles. The number of hydrogen-bond donors (Lipinski definition) is 3. The van der Waals surface area contributed by atoms with Crippen LogP contribution in [-0.2, 0) is 6.54 Å². The van der Waals surface area contributed by atoms with Crippen LogP contribution in [0.1, 0.15) is 52.8 Å². The number of ether oxygens (including phenoxy) is 1. The predicted molar refractivity (Wildman–Crippen MR) is 181 cm³/mol. The Kier molecular flexibility index (Phi) is 9.39. The highest BCUT2D eigenvalue weighted by atomic mass is 19.1. The minimum atomic E-state index is -0.672. The molecule has 3 aliphatic heterocycles. The van der Waals surface area contributed by atoms with Gasteiger partial charge in [-0.3, -0.25) is 14.4 Å². The number of anilines is 1. The van der Waals surface area contributed by atoms with Gasteiger partial charge in [-0.2, -0.15) is 0 Å². The Hall–Kier alpha value is -4.75. The number of benzene rings is 2. The summed E-state index contributed by atoms with van der Waals surface area (Å²) in [6.07, 6.45) is 12.1. The zero-order valence-corrected chi connectivity index (χ0v) is 27.0. The topological polar surface area (TPSA) is 126 Å². The summed E-state index contributed by atoms with van der Waals surface area (Å²) in [7, 11) is 0. The number of aryl methyl sites for hydroxylation is 1. The van der Waals surface area contributed by atoms with Crippen LogP contribution in [-0.4, -0.2) is 94.6 Å². The number of carbonyl (C=O) groups is 2. The molecule has 0 saturated carbocycles. The lowest BCUT2D eigenvalue weighted by atomic mass is 10.0. The Bertz CT molecular complexity index is 1860. The van der Waals surface area contributed by atoms with Crippen molar-refractivity contribution in [2.45, 2.75) is 38.6 Å². The summed E-state index contributed by atoms with van der Waals surface area (Å²) >= 11 is 0. The molecule has 0 spiro atoms. The number of carbonyl (C=O) groups excluding carboxylic acids is 2. The molecule has 2 fully saturated rings. The van der Waals surface area contributed by atoms with Crippen LogP contribution < -0.4 is 26.1 Å². The zero-order chi connectivity index (χ0) is 33.0.